The summed E-state index contributed by atoms with van der Waals surface area (Å²) in [6.07, 6.45) is 11.9. The van der Waals surface area contributed by atoms with Gasteiger partial charge in [-0.3, -0.25) is 4.98 Å². The highest BCUT2D eigenvalue weighted by Gasteiger charge is 2.50. The van der Waals surface area contributed by atoms with E-state index in [4.69, 9.17) is 11.2 Å². The second-order valence-electron chi connectivity index (χ2n) is 7.18. The number of aromatic nitrogens is 1. The van der Waals surface area contributed by atoms with Crippen molar-refractivity contribution in [1.29, 1.82) is 0 Å². The van der Waals surface area contributed by atoms with E-state index in [0.717, 1.165) is 30.4 Å². The summed E-state index contributed by atoms with van der Waals surface area (Å²) in [6.45, 7) is 5.71. The third-order valence-corrected chi connectivity index (χ3v) is 4.50. The molecule has 116 valence electrons. The molecule has 4 nitrogen and oxygen atoms in total. The Morgan fingerprint density at radius 2 is 2.18 bits per heavy atom. The fraction of sp³-hybridized carbons (Fsp3) is 0.556. The first-order valence-corrected chi connectivity index (χ1v) is 7.82. The molecule has 2 bridgehead atoms. The van der Waals surface area contributed by atoms with E-state index < -0.39 is 5.60 Å². The fourth-order valence-electron chi connectivity index (χ4n) is 3.69. The van der Waals surface area contributed by atoms with Crippen LogP contribution in [0, 0.1) is 12.3 Å². The van der Waals surface area contributed by atoms with Gasteiger partial charge in [0.15, 0.2) is 0 Å². The molecule has 0 saturated carbocycles. The fourth-order valence-corrected chi connectivity index (χ4v) is 3.69. The van der Waals surface area contributed by atoms with E-state index in [1.807, 2.05) is 37.9 Å². The second kappa shape index (κ2) is 5.31. The van der Waals surface area contributed by atoms with Crippen LogP contribution in [0.15, 0.2) is 18.5 Å². The van der Waals surface area contributed by atoms with Gasteiger partial charge in [0, 0.05) is 36.0 Å². The zero-order valence-electron chi connectivity index (χ0n) is 13.4. The van der Waals surface area contributed by atoms with Gasteiger partial charge in [-0.2, -0.15) is 0 Å². The van der Waals surface area contributed by atoms with Crippen LogP contribution in [0.3, 0.4) is 0 Å². The van der Waals surface area contributed by atoms with E-state index in [1.54, 1.807) is 6.20 Å². The van der Waals surface area contributed by atoms with Crippen LogP contribution in [0.2, 0.25) is 0 Å². The first-order valence-electron chi connectivity index (χ1n) is 7.82. The third kappa shape index (κ3) is 2.68. The number of carbonyl (C=O) groups excluding carboxylic acids is 1. The molecule has 0 unspecified atom stereocenters. The largest absolute Gasteiger partial charge is 0.444 e. The summed E-state index contributed by atoms with van der Waals surface area (Å²) in [5.74, 6) is 2.94. The molecule has 0 aromatic carbocycles. The van der Waals surface area contributed by atoms with Gasteiger partial charge >= 0.3 is 6.09 Å². The summed E-state index contributed by atoms with van der Waals surface area (Å²) in [7, 11) is 0. The topological polar surface area (TPSA) is 42.4 Å². The number of rotatable bonds is 1. The van der Waals surface area contributed by atoms with Gasteiger partial charge < -0.3 is 9.64 Å². The van der Waals surface area contributed by atoms with E-state index in [9.17, 15) is 4.79 Å². The van der Waals surface area contributed by atoms with Gasteiger partial charge in [0.05, 0.1) is 0 Å². The van der Waals surface area contributed by atoms with Gasteiger partial charge in [-0.1, -0.05) is 5.92 Å². The van der Waals surface area contributed by atoms with Gasteiger partial charge in [0.25, 0.3) is 0 Å². The lowest BCUT2D eigenvalue weighted by Gasteiger charge is -2.28. The molecule has 0 radical (unpaired) electrons. The number of terminal acetylenes is 1. The summed E-state index contributed by atoms with van der Waals surface area (Å²) in [6, 6.07) is 2.50. The maximum absolute atomic E-state index is 12.5. The van der Waals surface area contributed by atoms with Crippen molar-refractivity contribution in [2.75, 3.05) is 0 Å². The van der Waals surface area contributed by atoms with E-state index in [-0.39, 0.29) is 18.2 Å². The number of pyridine rings is 1. The highest BCUT2D eigenvalue weighted by atomic mass is 16.6. The van der Waals surface area contributed by atoms with E-state index >= 15 is 0 Å². The van der Waals surface area contributed by atoms with Crippen LogP contribution < -0.4 is 0 Å². The van der Waals surface area contributed by atoms with Crippen LogP contribution >= 0.6 is 0 Å². The summed E-state index contributed by atoms with van der Waals surface area (Å²) in [5, 5.41) is 0. The first kappa shape index (κ1) is 14.9. The lowest BCUT2D eigenvalue weighted by Crippen LogP contribution is -2.40. The Bertz CT molecular complexity index is 627. The van der Waals surface area contributed by atoms with Crippen molar-refractivity contribution < 1.29 is 9.53 Å². The number of nitrogens with zero attached hydrogens (tertiary/aromatic N) is 2. The summed E-state index contributed by atoms with van der Waals surface area (Å²) in [5.41, 5.74) is 1.47. The number of fused-ring (bicyclic) bond motifs is 2. The van der Waals surface area contributed by atoms with Crippen LogP contribution in [0.25, 0.3) is 0 Å². The molecule has 2 aliphatic rings. The molecule has 3 rings (SSSR count). The number of ether oxygens (including phenoxy) is 1. The standard InChI is InChI=1S/C18H22N2O2/c1-5-12-8-13(11-19-10-12)15-9-14-6-7-16(15)20(14)17(21)22-18(2,3)4/h1,8,10-11,14-16H,6-7,9H2,2-4H3/t14-,15+,16+/m0/s1. The van der Waals surface area contributed by atoms with Crippen molar-refractivity contribution in [1.82, 2.24) is 9.88 Å². The monoisotopic (exact) mass is 298 g/mol. The number of carbonyl (C=O) groups is 1. The van der Waals surface area contributed by atoms with Gasteiger partial charge in [-0.05, 0) is 51.7 Å². The normalized spacial score (nSPS) is 26.8. The number of hydrogen-bond acceptors (Lipinski definition) is 3. The summed E-state index contributed by atoms with van der Waals surface area (Å²) >= 11 is 0. The quantitative estimate of drug-likeness (QED) is 0.747. The maximum Gasteiger partial charge on any atom is 0.410 e. The zero-order valence-corrected chi connectivity index (χ0v) is 13.4. The second-order valence-corrected chi connectivity index (χ2v) is 7.18. The highest BCUT2D eigenvalue weighted by Crippen LogP contribution is 2.47. The summed E-state index contributed by atoms with van der Waals surface area (Å²) in [4.78, 5) is 18.7. The predicted octanol–water partition coefficient (Wildman–Crippen LogP) is 3.32. The average molecular weight is 298 g/mol. The van der Waals surface area contributed by atoms with Crippen molar-refractivity contribution in [3.05, 3.63) is 29.6 Å². The molecule has 0 aliphatic carbocycles. The molecule has 4 heteroatoms. The van der Waals surface area contributed by atoms with E-state index in [0.29, 0.717) is 5.92 Å². The summed E-state index contributed by atoms with van der Waals surface area (Å²) < 4.78 is 5.57. The number of hydrogen-bond donors (Lipinski definition) is 0. The molecule has 3 heterocycles. The van der Waals surface area contributed by atoms with Gasteiger partial charge in [0.1, 0.15) is 5.60 Å². The molecule has 1 aromatic heterocycles. The maximum atomic E-state index is 12.5. The number of amides is 1. The predicted molar refractivity (Wildman–Crippen MR) is 84.4 cm³/mol. The van der Waals surface area contributed by atoms with Gasteiger partial charge in [-0.25, -0.2) is 4.79 Å². The lowest BCUT2D eigenvalue weighted by molar-refractivity contribution is 0.0213. The average Bonchev–Trinajstić information content (AvgIpc) is 3.03. The van der Waals surface area contributed by atoms with Crippen molar-refractivity contribution in [2.45, 2.75) is 63.6 Å². The van der Waals surface area contributed by atoms with Crippen molar-refractivity contribution in [3.63, 3.8) is 0 Å². The molecular formula is C18H22N2O2. The van der Waals surface area contributed by atoms with E-state index in [1.165, 1.54) is 0 Å². The molecule has 2 aliphatic heterocycles. The van der Waals surface area contributed by atoms with Crippen LogP contribution in [0.4, 0.5) is 4.79 Å². The Labute approximate surface area is 131 Å². The van der Waals surface area contributed by atoms with Crippen molar-refractivity contribution in [2.24, 2.45) is 0 Å². The highest BCUT2D eigenvalue weighted by molar-refractivity contribution is 5.70. The molecule has 0 N–H and O–H groups in total. The van der Waals surface area contributed by atoms with Gasteiger partial charge in [0.2, 0.25) is 0 Å². The minimum atomic E-state index is -0.459. The Morgan fingerprint density at radius 3 is 2.86 bits per heavy atom. The Morgan fingerprint density at radius 1 is 1.41 bits per heavy atom. The molecule has 0 spiro atoms. The minimum absolute atomic E-state index is 0.191. The van der Waals surface area contributed by atoms with Crippen molar-refractivity contribution >= 4 is 6.09 Å². The first-order chi connectivity index (χ1) is 10.4. The smallest absolute Gasteiger partial charge is 0.410 e. The molecule has 22 heavy (non-hydrogen) atoms. The zero-order chi connectivity index (χ0) is 15.9. The van der Waals surface area contributed by atoms with Crippen LogP contribution in [-0.2, 0) is 4.74 Å². The SMILES string of the molecule is C#Cc1cncc([C@H]2C[C@@H]3CC[C@H]2N3C(=O)OC(C)(C)C)c1. The Kier molecular flexibility index (Phi) is 3.60. The molecule has 1 amide bonds. The molecule has 1 aromatic rings. The molecule has 3 atom stereocenters. The van der Waals surface area contributed by atoms with Crippen LogP contribution in [-0.4, -0.2) is 33.7 Å². The molecule has 2 fully saturated rings. The third-order valence-electron chi connectivity index (χ3n) is 4.50. The molecule has 2 saturated heterocycles. The minimum Gasteiger partial charge on any atom is -0.444 e. The Hall–Kier alpha value is -2.02. The van der Waals surface area contributed by atoms with Crippen LogP contribution in [0.1, 0.15) is 57.1 Å². The van der Waals surface area contributed by atoms with Gasteiger partial charge in [-0.15, -0.1) is 6.42 Å². The van der Waals surface area contributed by atoms with E-state index in [2.05, 4.69) is 10.9 Å². The van der Waals surface area contributed by atoms with Crippen LogP contribution in [0.5, 0.6) is 0 Å². The lowest BCUT2D eigenvalue weighted by atomic mass is 9.84. The molecular weight excluding hydrogens is 276 g/mol. The Balaban J connectivity index is 1.81. The van der Waals surface area contributed by atoms with Crippen molar-refractivity contribution in [3.8, 4) is 12.3 Å².